The molecule has 29 heavy (non-hydrogen) atoms. The van der Waals surface area contributed by atoms with Gasteiger partial charge >= 0.3 is 0 Å². The molecule has 3 heterocycles. The van der Waals surface area contributed by atoms with E-state index in [1.165, 1.54) is 11.8 Å². The Morgan fingerprint density at radius 3 is 2.97 bits per heavy atom. The Balaban J connectivity index is 1.67. The molecule has 8 heteroatoms. The summed E-state index contributed by atoms with van der Waals surface area (Å²) in [5.74, 6) is -0.109. The van der Waals surface area contributed by atoms with Gasteiger partial charge in [0.25, 0.3) is 5.91 Å². The molecule has 0 aliphatic carbocycles. The number of nitrogens with two attached hydrogens (primary N) is 1. The van der Waals surface area contributed by atoms with E-state index in [2.05, 4.69) is 15.3 Å². The Morgan fingerprint density at radius 2 is 2.21 bits per heavy atom. The fourth-order valence-corrected chi connectivity index (χ4v) is 4.81. The third-order valence-corrected chi connectivity index (χ3v) is 6.41. The number of rotatable bonds is 3. The van der Waals surface area contributed by atoms with Crippen LogP contribution in [0.2, 0.25) is 0 Å². The molecule has 1 fully saturated rings. The van der Waals surface area contributed by atoms with Crippen molar-refractivity contribution in [3.8, 4) is 0 Å². The number of amidine groups is 1. The molecule has 0 bridgehead atoms. The van der Waals surface area contributed by atoms with Crippen molar-refractivity contribution < 1.29 is 13.9 Å². The zero-order valence-electron chi connectivity index (χ0n) is 16.3. The van der Waals surface area contributed by atoms with Crippen LogP contribution in [0.25, 0.3) is 0 Å². The molecule has 2 aliphatic heterocycles. The van der Waals surface area contributed by atoms with Crippen LogP contribution in [0, 0.1) is 6.92 Å². The number of carbonyl (C=O) groups excluding carboxylic acids is 1. The summed E-state index contributed by atoms with van der Waals surface area (Å²) in [5, 5.41) is 3.17. The molecule has 2 aliphatic rings. The predicted molar refractivity (Wildman–Crippen MR) is 113 cm³/mol. The van der Waals surface area contributed by atoms with Gasteiger partial charge in [0, 0.05) is 24.1 Å². The summed E-state index contributed by atoms with van der Waals surface area (Å²) in [5.41, 5.74) is 5.62. The first kappa shape index (κ1) is 19.8. The van der Waals surface area contributed by atoms with Crippen LogP contribution in [0.1, 0.15) is 35.0 Å². The van der Waals surface area contributed by atoms with Gasteiger partial charge in [-0.25, -0.2) is 9.38 Å². The molecule has 3 atom stereocenters. The van der Waals surface area contributed by atoms with E-state index in [4.69, 9.17) is 10.5 Å². The third kappa shape index (κ3) is 3.62. The molecule has 0 unspecified atom stereocenters. The number of fused-ring (bicyclic) bond motifs is 1. The summed E-state index contributed by atoms with van der Waals surface area (Å²) in [6, 6.07) is 10.6. The minimum atomic E-state index is -1.58. The van der Waals surface area contributed by atoms with E-state index in [1.807, 2.05) is 19.9 Å². The first-order valence-corrected chi connectivity index (χ1v) is 10.4. The van der Waals surface area contributed by atoms with Gasteiger partial charge < -0.3 is 15.8 Å². The molecule has 152 valence electrons. The SMILES string of the molecule is Cc1ccc(C(=O)Nc2cccc([C@]34CO[C@@H](C)C[C@@]3(F)CSC(N)=N4)c2)nc1. The number of nitrogens with zero attached hydrogens (tertiary/aromatic N) is 2. The average Bonchev–Trinajstić information content (AvgIpc) is 2.69. The van der Waals surface area contributed by atoms with Crippen LogP contribution in [-0.2, 0) is 10.3 Å². The molecule has 6 nitrogen and oxygen atoms in total. The molecule has 1 aromatic heterocycles. The molecule has 4 rings (SSSR count). The average molecular weight is 415 g/mol. The van der Waals surface area contributed by atoms with Gasteiger partial charge in [-0.15, -0.1) is 0 Å². The van der Waals surface area contributed by atoms with Crippen molar-refractivity contribution in [1.82, 2.24) is 4.98 Å². The quantitative estimate of drug-likeness (QED) is 0.803. The summed E-state index contributed by atoms with van der Waals surface area (Å²) in [7, 11) is 0. The fourth-order valence-electron chi connectivity index (χ4n) is 3.85. The fraction of sp³-hybridized carbons (Fsp3) is 0.381. The zero-order chi connectivity index (χ0) is 20.6. The van der Waals surface area contributed by atoms with Crippen molar-refractivity contribution >= 4 is 28.5 Å². The lowest BCUT2D eigenvalue weighted by molar-refractivity contribution is -0.106. The molecule has 3 N–H and O–H groups in total. The van der Waals surface area contributed by atoms with Gasteiger partial charge in [-0.05, 0) is 43.2 Å². The van der Waals surface area contributed by atoms with Crippen LogP contribution in [0.3, 0.4) is 0 Å². The topological polar surface area (TPSA) is 89.6 Å². The minimum absolute atomic E-state index is 0.100. The lowest BCUT2D eigenvalue weighted by Crippen LogP contribution is -2.60. The molecular weight excluding hydrogens is 391 g/mol. The van der Waals surface area contributed by atoms with Gasteiger partial charge in [0.2, 0.25) is 0 Å². The lowest BCUT2D eigenvalue weighted by Gasteiger charge is -2.49. The summed E-state index contributed by atoms with van der Waals surface area (Å²) < 4.78 is 21.9. The van der Waals surface area contributed by atoms with Crippen LogP contribution in [0.15, 0.2) is 47.6 Å². The van der Waals surface area contributed by atoms with Gasteiger partial charge in [0.1, 0.15) is 11.2 Å². The highest BCUT2D eigenvalue weighted by molar-refractivity contribution is 8.13. The second kappa shape index (κ2) is 7.42. The zero-order valence-corrected chi connectivity index (χ0v) is 17.1. The number of nitrogens with one attached hydrogen (secondary N) is 1. The maximum atomic E-state index is 16.1. The predicted octanol–water partition coefficient (Wildman–Crippen LogP) is 3.42. The summed E-state index contributed by atoms with van der Waals surface area (Å²) in [6.45, 7) is 3.87. The van der Waals surface area contributed by atoms with E-state index in [0.717, 1.165) is 5.56 Å². The highest BCUT2D eigenvalue weighted by Crippen LogP contribution is 2.51. The van der Waals surface area contributed by atoms with E-state index in [0.29, 0.717) is 22.1 Å². The molecule has 1 saturated heterocycles. The van der Waals surface area contributed by atoms with E-state index >= 15 is 4.39 Å². The number of alkyl halides is 1. The van der Waals surface area contributed by atoms with E-state index in [-0.39, 0.29) is 30.8 Å². The van der Waals surface area contributed by atoms with Crippen molar-refractivity contribution in [1.29, 1.82) is 0 Å². The number of benzene rings is 1. The van der Waals surface area contributed by atoms with Crippen molar-refractivity contribution in [3.05, 3.63) is 59.4 Å². The normalized spacial score (nSPS) is 28.9. The number of aryl methyl sites for hydroxylation is 1. The monoisotopic (exact) mass is 414 g/mol. The highest BCUT2D eigenvalue weighted by atomic mass is 32.2. The Hall–Kier alpha value is -2.45. The maximum absolute atomic E-state index is 16.1. The molecule has 2 aromatic rings. The van der Waals surface area contributed by atoms with Crippen LogP contribution >= 0.6 is 11.8 Å². The largest absolute Gasteiger partial charge is 0.379 e. The van der Waals surface area contributed by atoms with Crippen LogP contribution in [0.4, 0.5) is 10.1 Å². The molecular formula is C21H23FN4O2S. The second-order valence-corrected chi connectivity index (χ2v) is 8.64. The summed E-state index contributed by atoms with van der Waals surface area (Å²) in [6.07, 6.45) is 1.68. The molecule has 1 aromatic carbocycles. The summed E-state index contributed by atoms with van der Waals surface area (Å²) >= 11 is 1.23. The first-order valence-electron chi connectivity index (χ1n) is 9.44. The maximum Gasteiger partial charge on any atom is 0.274 e. The van der Waals surface area contributed by atoms with Crippen molar-refractivity contribution in [3.63, 3.8) is 0 Å². The molecule has 0 spiro atoms. The first-order chi connectivity index (χ1) is 13.8. The molecule has 0 radical (unpaired) electrons. The van der Waals surface area contributed by atoms with Crippen LogP contribution in [-0.4, -0.2) is 40.2 Å². The van der Waals surface area contributed by atoms with Crippen molar-refractivity contribution in [2.24, 2.45) is 10.7 Å². The number of aliphatic imine (C=N–C) groups is 1. The number of halogens is 1. The number of anilines is 1. The van der Waals surface area contributed by atoms with Gasteiger partial charge in [-0.3, -0.25) is 9.78 Å². The smallest absolute Gasteiger partial charge is 0.274 e. The van der Waals surface area contributed by atoms with E-state index in [1.54, 1.807) is 36.5 Å². The molecule has 0 saturated carbocycles. The standard InChI is InChI=1S/C21H23FN4O2S/c1-13-6-7-17(24-10-13)18(27)25-16-5-3-4-15(8-16)21-11-28-14(2)9-20(21,22)12-29-19(23)26-21/h3-8,10,14H,9,11-12H2,1-2H3,(H2,23,26)(H,25,27)/t14-,20+,21+/m0/s1. The number of ether oxygens (including phenoxy) is 1. The highest BCUT2D eigenvalue weighted by Gasteiger charge is 2.59. The minimum Gasteiger partial charge on any atom is -0.379 e. The Morgan fingerprint density at radius 1 is 1.38 bits per heavy atom. The number of aromatic nitrogens is 1. The van der Waals surface area contributed by atoms with Crippen LogP contribution in [0.5, 0.6) is 0 Å². The summed E-state index contributed by atoms with van der Waals surface area (Å²) in [4.78, 5) is 21.2. The Labute approximate surface area is 173 Å². The molecule has 1 amide bonds. The van der Waals surface area contributed by atoms with Crippen molar-refractivity contribution in [2.45, 2.75) is 37.6 Å². The van der Waals surface area contributed by atoms with E-state index < -0.39 is 11.2 Å². The van der Waals surface area contributed by atoms with Gasteiger partial charge in [0.05, 0.1) is 12.7 Å². The number of hydrogen-bond acceptors (Lipinski definition) is 6. The number of carbonyl (C=O) groups is 1. The van der Waals surface area contributed by atoms with Gasteiger partial charge in [0.15, 0.2) is 10.8 Å². The number of hydrogen-bond donors (Lipinski definition) is 2. The number of pyridine rings is 1. The van der Waals surface area contributed by atoms with Crippen molar-refractivity contribution in [2.75, 3.05) is 17.7 Å². The van der Waals surface area contributed by atoms with Crippen LogP contribution < -0.4 is 11.1 Å². The van der Waals surface area contributed by atoms with Gasteiger partial charge in [-0.1, -0.05) is 30.0 Å². The number of amides is 1. The lowest BCUT2D eigenvalue weighted by atomic mass is 9.73. The second-order valence-electron chi connectivity index (χ2n) is 7.65. The Kier molecular flexibility index (Phi) is 5.08. The Bertz CT molecular complexity index is 967. The van der Waals surface area contributed by atoms with Gasteiger partial charge in [-0.2, -0.15) is 0 Å². The number of thioether (sulfide) groups is 1. The third-order valence-electron chi connectivity index (χ3n) is 5.42. The van der Waals surface area contributed by atoms with E-state index in [9.17, 15) is 4.79 Å².